The highest BCUT2D eigenvalue weighted by Gasteiger charge is 2.33. The summed E-state index contributed by atoms with van der Waals surface area (Å²) >= 11 is 0. The fraction of sp³-hybridized carbons (Fsp3) is 0.550. The van der Waals surface area contributed by atoms with Crippen LogP contribution in [0.2, 0.25) is 0 Å². The van der Waals surface area contributed by atoms with Crippen LogP contribution >= 0.6 is 0 Å². The molecule has 0 bridgehead atoms. The smallest absolute Gasteiger partial charge is 0.309 e. The van der Waals surface area contributed by atoms with Crippen LogP contribution < -0.4 is 4.74 Å². The van der Waals surface area contributed by atoms with Crippen molar-refractivity contribution in [1.29, 1.82) is 0 Å². The van der Waals surface area contributed by atoms with Gasteiger partial charge in [-0.25, -0.2) is 0 Å². The molecular weight excluding hydrogens is 302 g/mol. The van der Waals surface area contributed by atoms with Crippen molar-refractivity contribution < 1.29 is 27.0 Å². The molecule has 1 aromatic carbocycles. The quantitative estimate of drug-likeness (QED) is 0.825. The minimum absolute atomic E-state index is 0.0211. The van der Waals surface area contributed by atoms with Crippen LogP contribution in [0.25, 0.3) is 5.57 Å². The van der Waals surface area contributed by atoms with E-state index in [1.165, 1.54) is 11.6 Å². The van der Waals surface area contributed by atoms with E-state index in [0.717, 1.165) is 23.1 Å². The van der Waals surface area contributed by atoms with Gasteiger partial charge in [-0.3, -0.25) is 9.69 Å². The zero-order valence-electron chi connectivity index (χ0n) is 22.6. The van der Waals surface area contributed by atoms with E-state index in [1.54, 1.807) is 12.1 Å². The van der Waals surface area contributed by atoms with Crippen LogP contribution in [0.1, 0.15) is 56.4 Å². The molecule has 1 aliphatic carbocycles. The second-order valence-corrected chi connectivity index (χ2v) is 6.23. The lowest BCUT2D eigenvalue weighted by molar-refractivity contribution is -0.147. The zero-order valence-corrected chi connectivity index (χ0v) is 13.6. The number of benzene rings is 1. The highest BCUT2D eigenvalue weighted by molar-refractivity contribution is 5.73. The number of nitrogens with zero attached hydrogens (tertiary/aromatic N) is 1. The number of fused-ring (bicyclic) bond motifs is 1. The molecule has 1 aliphatic heterocycles. The number of hydrogen-bond donors (Lipinski definition) is 1. The monoisotopic (exact) mass is 338 g/mol. The second-order valence-electron chi connectivity index (χ2n) is 6.23. The molecular formula is C20H27NO3. The maximum Gasteiger partial charge on any atom is 0.309 e. The molecule has 24 heavy (non-hydrogen) atoms. The molecule has 3 rings (SSSR count). The molecule has 0 spiro atoms. The van der Waals surface area contributed by atoms with Crippen molar-refractivity contribution in [3.63, 3.8) is 0 Å². The molecule has 1 saturated heterocycles. The SMILES string of the molecule is [2H]C([2H])([2H])C([2H])([2H])C([2H])([2H])C([2H])([2H])Oc1ccc2c(c1)CCC(CN1CC(C(=O)O)C1)=C2C. The third-order valence-corrected chi connectivity index (χ3v) is 4.71. The first-order valence-electron chi connectivity index (χ1n) is 12.4. The van der Waals surface area contributed by atoms with Gasteiger partial charge in [0, 0.05) is 29.2 Å². The Morgan fingerprint density at radius 2 is 2.29 bits per heavy atom. The number of rotatable bonds is 7. The molecule has 0 saturated carbocycles. The molecule has 130 valence electrons. The number of carboxylic acid groups (broad SMARTS) is 1. The van der Waals surface area contributed by atoms with E-state index >= 15 is 0 Å². The van der Waals surface area contributed by atoms with E-state index in [1.807, 2.05) is 6.92 Å². The third kappa shape index (κ3) is 3.64. The molecule has 1 aromatic rings. The fourth-order valence-electron chi connectivity index (χ4n) is 3.30. The summed E-state index contributed by atoms with van der Waals surface area (Å²) in [5.41, 5.74) is 4.02. The second kappa shape index (κ2) is 7.39. The Labute approximate surface area is 156 Å². The minimum atomic E-state index is -3.48. The lowest BCUT2D eigenvalue weighted by Gasteiger charge is -2.38. The lowest BCUT2D eigenvalue weighted by atomic mass is 9.85. The molecule has 0 aromatic heterocycles. The van der Waals surface area contributed by atoms with Crippen LogP contribution in [0, 0.1) is 5.92 Å². The van der Waals surface area contributed by atoms with Crippen LogP contribution in [-0.4, -0.2) is 42.2 Å². The molecule has 1 heterocycles. The van der Waals surface area contributed by atoms with Gasteiger partial charge in [0.25, 0.3) is 0 Å². The van der Waals surface area contributed by atoms with E-state index < -0.39 is 32.1 Å². The molecule has 0 amide bonds. The first-order valence-corrected chi connectivity index (χ1v) is 7.94. The van der Waals surface area contributed by atoms with Gasteiger partial charge in [-0.15, -0.1) is 0 Å². The van der Waals surface area contributed by atoms with Crippen molar-refractivity contribution in [3.05, 3.63) is 34.9 Å². The van der Waals surface area contributed by atoms with Crippen molar-refractivity contribution in [2.24, 2.45) is 5.92 Å². The normalized spacial score (nSPS) is 26.1. The van der Waals surface area contributed by atoms with Crippen molar-refractivity contribution in [1.82, 2.24) is 4.90 Å². The summed E-state index contributed by atoms with van der Waals surface area (Å²) in [5.74, 6) is -1.13. The Bertz CT molecular complexity index is 966. The van der Waals surface area contributed by atoms with Crippen LogP contribution in [0.15, 0.2) is 23.8 Å². The van der Waals surface area contributed by atoms with E-state index in [2.05, 4.69) is 4.90 Å². The summed E-state index contributed by atoms with van der Waals surface area (Å²) in [6.07, 6.45) is -5.59. The van der Waals surface area contributed by atoms with Gasteiger partial charge in [0.05, 0.1) is 15.2 Å². The summed E-state index contributed by atoms with van der Waals surface area (Å²) in [6.45, 7) is -2.95. The summed E-state index contributed by atoms with van der Waals surface area (Å²) in [7, 11) is 0. The van der Waals surface area contributed by atoms with Gasteiger partial charge >= 0.3 is 5.97 Å². The third-order valence-electron chi connectivity index (χ3n) is 4.71. The minimum Gasteiger partial charge on any atom is -0.494 e. The van der Waals surface area contributed by atoms with Gasteiger partial charge in [0.15, 0.2) is 0 Å². The van der Waals surface area contributed by atoms with Gasteiger partial charge < -0.3 is 9.84 Å². The van der Waals surface area contributed by atoms with E-state index in [-0.39, 0.29) is 11.7 Å². The molecule has 0 atom stereocenters. The van der Waals surface area contributed by atoms with Gasteiger partial charge in [-0.05, 0) is 55.0 Å². The zero-order chi connectivity index (χ0) is 25.0. The van der Waals surface area contributed by atoms with Crippen LogP contribution in [0.4, 0.5) is 0 Å². The van der Waals surface area contributed by atoms with Crippen molar-refractivity contribution in [2.45, 2.75) is 39.4 Å². The maximum atomic E-state index is 11.0. The molecule has 1 N–H and O–H groups in total. The topological polar surface area (TPSA) is 49.8 Å². The summed E-state index contributed by atoms with van der Waals surface area (Å²) < 4.78 is 74.1. The molecule has 0 radical (unpaired) electrons. The molecule has 1 fully saturated rings. The number of aryl methyl sites for hydroxylation is 1. The number of allylic oxidation sites excluding steroid dienone is 1. The maximum absolute atomic E-state index is 11.0. The molecule has 4 heteroatoms. The van der Waals surface area contributed by atoms with Crippen molar-refractivity contribution in [2.75, 3.05) is 26.2 Å². The van der Waals surface area contributed by atoms with Gasteiger partial charge in [0.1, 0.15) is 5.75 Å². The van der Waals surface area contributed by atoms with Crippen LogP contribution in [0.5, 0.6) is 5.75 Å². The van der Waals surface area contributed by atoms with E-state index in [9.17, 15) is 4.79 Å². The van der Waals surface area contributed by atoms with Crippen LogP contribution in [-0.2, 0) is 11.2 Å². The van der Waals surface area contributed by atoms with Gasteiger partial charge in [-0.2, -0.15) is 0 Å². The number of ether oxygens (including phenoxy) is 1. The Hall–Kier alpha value is -1.81. The number of hydrogen-bond acceptors (Lipinski definition) is 3. The summed E-state index contributed by atoms with van der Waals surface area (Å²) in [5, 5.41) is 9.03. The lowest BCUT2D eigenvalue weighted by Crippen LogP contribution is -2.50. The van der Waals surface area contributed by atoms with E-state index in [0.29, 0.717) is 26.1 Å². The Kier molecular flexibility index (Phi) is 2.78. The molecule has 4 nitrogen and oxygen atoms in total. The first kappa shape index (κ1) is 9.04. The highest BCUT2D eigenvalue weighted by Crippen LogP contribution is 2.34. The van der Waals surface area contributed by atoms with E-state index in [4.69, 9.17) is 22.2 Å². The number of likely N-dealkylation sites (tertiary alicyclic amines) is 1. The van der Waals surface area contributed by atoms with Gasteiger partial charge in [0.2, 0.25) is 0 Å². The van der Waals surface area contributed by atoms with Crippen LogP contribution in [0.3, 0.4) is 0 Å². The largest absolute Gasteiger partial charge is 0.494 e. The van der Waals surface area contributed by atoms with Gasteiger partial charge in [-0.1, -0.05) is 24.9 Å². The fourth-order valence-corrected chi connectivity index (χ4v) is 3.30. The predicted octanol–water partition coefficient (Wildman–Crippen LogP) is 3.60. The Morgan fingerprint density at radius 1 is 1.46 bits per heavy atom. The van der Waals surface area contributed by atoms with Crippen molar-refractivity contribution >= 4 is 11.5 Å². The number of carboxylic acids is 1. The summed E-state index contributed by atoms with van der Waals surface area (Å²) in [4.78, 5) is 13.1. The highest BCUT2D eigenvalue weighted by atomic mass is 16.5. The molecule has 2 aliphatic rings. The average Bonchev–Trinajstić information content (AvgIpc) is 2.64. The Balaban J connectivity index is 1.77. The number of aliphatic carboxylic acids is 1. The Morgan fingerprint density at radius 3 is 3.04 bits per heavy atom. The van der Waals surface area contributed by atoms with Crippen molar-refractivity contribution in [3.8, 4) is 5.75 Å². The molecule has 0 unspecified atom stereocenters. The summed E-state index contributed by atoms with van der Waals surface area (Å²) in [6, 6.07) is 4.74. The number of carbonyl (C=O) groups is 1. The predicted molar refractivity (Wildman–Crippen MR) is 95.3 cm³/mol. The average molecular weight is 338 g/mol. The first-order chi connectivity index (χ1) is 15.0. The standard InChI is InChI=1S/C20H27NO3/c1-3-4-9-24-18-7-8-19-14(2)16(6-5-15(19)10-18)11-21-12-17(13-21)20(22)23/h7-8,10,17H,3-6,9,11-13H2,1-2H3,(H,22,23)/i1D3,3D2,4D2,9D2.